The van der Waals surface area contributed by atoms with Crippen LogP contribution < -0.4 is 5.73 Å². The van der Waals surface area contributed by atoms with Gasteiger partial charge in [-0.2, -0.15) is 4.31 Å². The molecule has 6 heteroatoms. The summed E-state index contributed by atoms with van der Waals surface area (Å²) >= 11 is 0. The van der Waals surface area contributed by atoms with Crippen molar-refractivity contribution in [1.82, 2.24) is 4.31 Å². The molecule has 0 aromatic heterocycles. The van der Waals surface area contributed by atoms with Crippen molar-refractivity contribution >= 4 is 10.0 Å². The van der Waals surface area contributed by atoms with Crippen molar-refractivity contribution in [2.45, 2.75) is 43.4 Å². The van der Waals surface area contributed by atoms with Crippen LogP contribution in [0.1, 0.15) is 24.0 Å². The summed E-state index contributed by atoms with van der Waals surface area (Å²) in [5.74, 6) is 0. The Balaban J connectivity index is 1.96. The van der Waals surface area contributed by atoms with Crippen LogP contribution in [0, 0.1) is 6.92 Å². The van der Waals surface area contributed by atoms with Gasteiger partial charge >= 0.3 is 0 Å². The van der Waals surface area contributed by atoms with E-state index in [0.29, 0.717) is 24.5 Å². The van der Waals surface area contributed by atoms with Gasteiger partial charge in [0.05, 0.1) is 17.1 Å². The molecule has 2 bridgehead atoms. The van der Waals surface area contributed by atoms with Crippen LogP contribution in [-0.4, -0.2) is 38.0 Å². The quantitative estimate of drug-likeness (QED) is 0.903. The molecule has 5 nitrogen and oxygen atoms in total. The van der Waals surface area contributed by atoms with Gasteiger partial charge < -0.3 is 10.5 Å². The fourth-order valence-corrected chi connectivity index (χ4v) is 4.85. The average Bonchev–Trinajstić information content (AvgIpc) is 2.77. The lowest BCUT2D eigenvalue weighted by molar-refractivity contribution is -0.0114. The number of benzene rings is 1. The maximum atomic E-state index is 12.8. The van der Waals surface area contributed by atoms with Crippen LogP contribution in [0.4, 0.5) is 0 Å². The summed E-state index contributed by atoms with van der Waals surface area (Å²) in [6.45, 7) is 3.10. The predicted octanol–water partition coefficient (Wildman–Crippen LogP) is 1.01. The SMILES string of the molecule is Cc1c(CN)cccc1S(=O)(=O)N1CC2CCC(C1)O2. The Labute approximate surface area is 119 Å². The highest BCUT2D eigenvalue weighted by atomic mass is 32.2. The van der Waals surface area contributed by atoms with E-state index in [0.717, 1.165) is 24.0 Å². The number of nitrogens with zero attached hydrogens (tertiary/aromatic N) is 1. The average molecular weight is 296 g/mol. The molecule has 0 saturated carbocycles. The van der Waals surface area contributed by atoms with E-state index in [1.54, 1.807) is 16.4 Å². The lowest BCUT2D eigenvalue weighted by Crippen LogP contribution is -2.45. The van der Waals surface area contributed by atoms with Gasteiger partial charge in [0.1, 0.15) is 0 Å². The molecule has 1 aromatic rings. The van der Waals surface area contributed by atoms with E-state index in [1.165, 1.54) is 0 Å². The van der Waals surface area contributed by atoms with E-state index in [-0.39, 0.29) is 12.2 Å². The standard InChI is InChI=1S/C14H20N2O3S/c1-10-11(7-15)3-2-4-14(10)20(17,18)16-8-12-5-6-13(9-16)19-12/h2-4,12-13H,5-9,15H2,1H3. The highest BCUT2D eigenvalue weighted by Crippen LogP contribution is 2.31. The Kier molecular flexibility index (Phi) is 3.58. The molecular weight excluding hydrogens is 276 g/mol. The van der Waals surface area contributed by atoms with Crippen LogP contribution in [0.5, 0.6) is 0 Å². The number of hydrogen-bond acceptors (Lipinski definition) is 4. The van der Waals surface area contributed by atoms with Crippen molar-refractivity contribution in [1.29, 1.82) is 0 Å². The summed E-state index contributed by atoms with van der Waals surface area (Å²) in [4.78, 5) is 0.377. The first-order valence-electron chi connectivity index (χ1n) is 6.96. The number of nitrogens with two attached hydrogens (primary N) is 1. The summed E-state index contributed by atoms with van der Waals surface area (Å²) in [5.41, 5.74) is 7.30. The Morgan fingerprint density at radius 1 is 1.30 bits per heavy atom. The fraction of sp³-hybridized carbons (Fsp3) is 0.571. The van der Waals surface area contributed by atoms with Gasteiger partial charge in [0.25, 0.3) is 0 Å². The van der Waals surface area contributed by atoms with E-state index in [9.17, 15) is 8.42 Å². The molecule has 2 fully saturated rings. The molecule has 3 rings (SSSR count). The first-order chi connectivity index (χ1) is 9.52. The Hall–Kier alpha value is -0.950. The van der Waals surface area contributed by atoms with E-state index >= 15 is 0 Å². The molecule has 2 N–H and O–H groups in total. The maximum Gasteiger partial charge on any atom is 0.243 e. The van der Waals surface area contributed by atoms with Gasteiger partial charge in [-0.25, -0.2) is 8.42 Å². The molecule has 0 radical (unpaired) electrons. The highest BCUT2D eigenvalue weighted by molar-refractivity contribution is 7.89. The van der Waals surface area contributed by atoms with Crippen molar-refractivity contribution in [3.63, 3.8) is 0 Å². The third kappa shape index (κ3) is 2.26. The number of sulfonamides is 1. The zero-order valence-corrected chi connectivity index (χ0v) is 12.4. The first-order valence-corrected chi connectivity index (χ1v) is 8.40. The van der Waals surface area contributed by atoms with E-state index in [4.69, 9.17) is 10.5 Å². The second-order valence-electron chi connectivity index (χ2n) is 5.52. The van der Waals surface area contributed by atoms with Gasteiger partial charge in [-0.1, -0.05) is 12.1 Å². The molecule has 0 aliphatic carbocycles. The Bertz CT molecular complexity index is 603. The molecule has 0 amide bonds. The summed E-state index contributed by atoms with van der Waals surface area (Å²) in [7, 11) is -3.45. The third-order valence-electron chi connectivity index (χ3n) is 4.24. The molecule has 2 saturated heterocycles. The zero-order valence-electron chi connectivity index (χ0n) is 11.6. The fourth-order valence-electron chi connectivity index (χ4n) is 3.07. The minimum atomic E-state index is -3.45. The van der Waals surface area contributed by atoms with Crippen LogP contribution in [0.2, 0.25) is 0 Å². The second-order valence-corrected chi connectivity index (χ2v) is 7.43. The van der Waals surface area contributed by atoms with E-state index < -0.39 is 10.0 Å². The van der Waals surface area contributed by atoms with Gasteiger partial charge in [0.15, 0.2) is 0 Å². The van der Waals surface area contributed by atoms with Gasteiger partial charge in [-0.3, -0.25) is 0 Å². The molecule has 2 heterocycles. The van der Waals surface area contributed by atoms with Gasteiger partial charge in [-0.05, 0) is 37.0 Å². The van der Waals surface area contributed by atoms with Gasteiger partial charge in [0, 0.05) is 19.6 Å². The number of morpholine rings is 1. The van der Waals surface area contributed by atoms with Crippen LogP contribution in [0.25, 0.3) is 0 Å². The summed E-state index contributed by atoms with van der Waals surface area (Å²) < 4.78 is 32.9. The zero-order chi connectivity index (χ0) is 14.3. The smallest absolute Gasteiger partial charge is 0.243 e. The molecular formula is C14H20N2O3S. The van der Waals surface area contributed by atoms with E-state index in [1.807, 2.05) is 13.0 Å². The van der Waals surface area contributed by atoms with Crippen molar-refractivity contribution in [3.8, 4) is 0 Å². The van der Waals surface area contributed by atoms with Crippen LogP contribution >= 0.6 is 0 Å². The van der Waals surface area contributed by atoms with E-state index in [2.05, 4.69) is 0 Å². The monoisotopic (exact) mass is 296 g/mol. The van der Waals surface area contributed by atoms with Crippen molar-refractivity contribution < 1.29 is 13.2 Å². The van der Waals surface area contributed by atoms with Crippen LogP contribution in [-0.2, 0) is 21.3 Å². The van der Waals surface area contributed by atoms with Gasteiger partial charge in [-0.15, -0.1) is 0 Å². The number of ether oxygens (including phenoxy) is 1. The molecule has 2 unspecified atom stereocenters. The van der Waals surface area contributed by atoms with Crippen molar-refractivity contribution in [2.75, 3.05) is 13.1 Å². The predicted molar refractivity (Wildman–Crippen MR) is 75.7 cm³/mol. The molecule has 2 aliphatic rings. The highest BCUT2D eigenvalue weighted by Gasteiger charge is 2.39. The maximum absolute atomic E-state index is 12.8. The number of hydrogen-bond donors (Lipinski definition) is 1. The summed E-state index contributed by atoms with van der Waals surface area (Å²) in [6.07, 6.45) is 2.03. The molecule has 1 aromatic carbocycles. The normalized spacial score (nSPS) is 26.9. The third-order valence-corrected chi connectivity index (χ3v) is 6.22. The molecule has 0 spiro atoms. The summed E-state index contributed by atoms with van der Waals surface area (Å²) in [5, 5.41) is 0. The minimum Gasteiger partial charge on any atom is -0.372 e. The largest absolute Gasteiger partial charge is 0.372 e. The Morgan fingerprint density at radius 2 is 1.95 bits per heavy atom. The second kappa shape index (κ2) is 5.11. The molecule has 110 valence electrons. The minimum absolute atomic E-state index is 0.0570. The van der Waals surface area contributed by atoms with Gasteiger partial charge in [0.2, 0.25) is 10.0 Å². The number of rotatable bonds is 3. The summed E-state index contributed by atoms with van der Waals surface area (Å²) in [6, 6.07) is 5.30. The lowest BCUT2D eigenvalue weighted by atomic mass is 10.1. The topological polar surface area (TPSA) is 72.6 Å². The van der Waals surface area contributed by atoms with Crippen molar-refractivity contribution in [2.24, 2.45) is 5.73 Å². The molecule has 2 atom stereocenters. The molecule has 2 aliphatic heterocycles. The lowest BCUT2D eigenvalue weighted by Gasteiger charge is -2.31. The molecule has 20 heavy (non-hydrogen) atoms. The Morgan fingerprint density at radius 3 is 2.55 bits per heavy atom. The van der Waals surface area contributed by atoms with Crippen LogP contribution in [0.3, 0.4) is 0 Å². The van der Waals surface area contributed by atoms with Crippen LogP contribution in [0.15, 0.2) is 23.1 Å². The first kappa shape index (κ1) is 14.0. The van der Waals surface area contributed by atoms with Crippen molar-refractivity contribution in [3.05, 3.63) is 29.3 Å². The number of fused-ring (bicyclic) bond motifs is 2.